The summed E-state index contributed by atoms with van der Waals surface area (Å²) in [5.74, 6) is 2.08. The second kappa shape index (κ2) is 6.57. The molecule has 4 heteroatoms. The molecule has 1 aromatic heterocycles. The number of anilines is 3. The number of benzene rings is 1. The Balaban J connectivity index is 2.24. The van der Waals surface area contributed by atoms with Crippen LogP contribution in [0.2, 0.25) is 0 Å². The van der Waals surface area contributed by atoms with E-state index >= 15 is 0 Å². The van der Waals surface area contributed by atoms with Crippen molar-refractivity contribution < 1.29 is 0 Å². The fraction of sp³-hybridized carbons (Fsp3) is 0.412. The molecule has 1 heterocycles. The van der Waals surface area contributed by atoms with Crippen LogP contribution in [0.25, 0.3) is 0 Å². The summed E-state index contributed by atoms with van der Waals surface area (Å²) >= 11 is 0. The number of hydrogen-bond donors (Lipinski definition) is 2. The lowest BCUT2D eigenvalue weighted by molar-refractivity contribution is 0.687. The van der Waals surface area contributed by atoms with E-state index in [0.29, 0.717) is 11.9 Å². The molecular formula is C17H24N4. The Kier molecular flexibility index (Phi) is 4.78. The van der Waals surface area contributed by atoms with Crippen molar-refractivity contribution in [3.63, 3.8) is 0 Å². The van der Waals surface area contributed by atoms with Crippen LogP contribution in [-0.2, 0) is 0 Å². The summed E-state index contributed by atoms with van der Waals surface area (Å²) in [5, 5.41) is 6.70. The van der Waals surface area contributed by atoms with Crippen molar-refractivity contribution in [3.8, 4) is 0 Å². The van der Waals surface area contributed by atoms with E-state index < -0.39 is 0 Å². The molecule has 112 valence electrons. The van der Waals surface area contributed by atoms with Gasteiger partial charge in [0.1, 0.15) is 5.82 Å². The molecule has 2 N–H and O–H groups in total. The molecule has 0 amide bonds. The first-order chi connectivity index (χ1) is 9.95. The Hall–Kier alpha value is -2.10. The molecule has 21 heavy (non-hydrogen) atoms. The van der Waals surface area contributed by atoms with Crippen LogP contribution in [0.1, 0.15) is 30.7 Å². The van der Waals surface area contributed by atoms with Crippen molar-refractivity contribution in [1.29, 1.82) is 0 Å². The van der Waals surface area contributed by atoms with Gasteiger partial charge in [-0.1, -0.05) is 32.0 Å². The predicted molar refractivity (Wildman–Crippen MR) is 89.3 cm³/mol. The van der Waals surface area contributed by atoms with E-state index in [1.807, 2.05) is 13.0 Å². The summed E-state index contributed by atoms with van der Waals surface area (Å²) in [6.45, 7) is 11.4. The Morgan fingerprint density at radius 2 is 1.71 bits per heavy atom. The minimum Gasteiger partial charge on any atom is -0.370 e. The molecular weight excluding hydrogens is 260 g/mol. The highest BCUT2D eigenvalue weighted by atomic mass is 15.1. The van der Waals surface area contributed by atoms with Gasteiger partial charge in [-0.15, -0.1) is 0 Å². The molecule has 0 aliphatic carbocycles. The van der Waals surface area contributed by atoms with Crippen LogP contribution in [0.3, 0.4) is 0 Å². The van der Waals surface area contributed by atoms with Gasteiger partial charge in [0.05, 0.1) is 0 Å². The minimum atomic E-state index is 0.579. The van der Waals surface area contributed by atoms with Gasteiger partial charge >= 0.3 is 0 Å². The van der Waals surface area contributed by atoms with E-state index in [4.69, 9.17) is 0 Å². The molecule has 4 nitrogen and oxygen atoms in total. The summed E-state index contributed by atoms with van der Waals surface area (Å²) in [7, 11) is 0. The monoisotopic (exact) mass is 284 g/mol. The smallest absolute Gasteiger partial charge is 0.229 e. The second-order valence-electron chi connectivity index (χ2n) is 5.88. The maximum absolute atomic E-state index is 4.55. The highest BCUT2D eigenvalue weighted by molar-refractivity contribution is 5.63. The van der Waals surface area contributed by atoms with E-state index in [0.717, 1.165) is 23.7 Å². The highest BCUT2D eigenvalue weighted by Crippen LogP contribution is 2.23. The predicted octanol–water partition coefficient (Wildman–Crippen LogP) is 4.21. The molecule has 2 aromatic rings. The highest BCUT2D eigenvalue weighted by Gasteiger charge is 2.07. The Morgan fingerprint density at radius 3 is 2.33 bits per heavy atom. The van der Waals surface area contributed by atoms with Crippen LogP contribution in [0.15, 0.2) is 24.3 Å². The van der Waals surface area contributed by atoms with E-state index in [9.17, 15) is 0 Å². The van der Waals surface area contributed by atoms with Crippen LogP contribution in [-0.4, -0.2) is 16.5 Å². The molecule has 0 spiro atoms. The number of aryl methyl sites for hydroxylation is 3. The topological polar surface area (TPSA) is 49.8 Å². The quantitative estimate of drug-likeness (QED) is 0.863. The largest absolute Gasteiger partial charge is 0.370 e. The van der Waals surface area contributed by atoms with Crippen molar-refractivity contribution in [2.24, 2.45) is 5.92 Å². The molecule has 0 fully saturated rings. The third-order valence-electron chi connectivity index (χ3n) is 3.26. The number of rotatable bonds is 5. The van der Waals surface area contributed by atoms with Gasteiger partial charge in [0.15, 0.2) is 0 Å². The lowest BCUT2D eigenvalue weighted by Crippen LogP contribution is -2.11. The minimum absolute atomic E-state index is 0.579. The fourth-order valence-corrected chi connectivity index (χ4v) is 2.15. The van der Waals surface area contributed by atoms with Crippen LogP contribution in [0, 0.1) is 26.7 Å². The molecule has 0 radical (unpaired) electrons. The number of nitrogens with zero attached hydrogens (tertiary/aromatic N) is 2. The van der Waals surface area contributed by atoms with Crippen LogP contribution in [0.4, 0.5) is 17.5 Å². The Labute approximate surface area is 127 Å². The average molecular weight is 284 g/mol. The van der Waals surface area contributed by atoms with Crippen LogP contribution >= 0.6 is 0 Å². The van der Waals surface area contributed by atoms with Gasteiger partial charge in [0.25, 0.3) is 0 Å². The maximum atomic E-state index is 4.55. The normalized spacial score (nSPS) is 10.8. The maximum Gasteiger partial charge on any atom is 0.229 e. The van der Waals surface area contributed by atoms with Crippen molar-refractivity contribution in [1.82, 2.24) is 9.97 Å². The van der Waals surface area contributed by atoms with Crippen molar-refractivity contribution in [2.45, 2.75) is 34.6 Å². The van der Waals surface area contributed by atoms with Gasteiger partial charge < -0.3 is 10.6 Å². The first kappa shape index (κ1) is 15.3. The van der Waals surface area contributed by atoms with Gasteiger partial charge in [-0.2, -0.15) is 4.98 Å². The summed E-state index contributed by atoms with van der Waals surface area (Å²) in [6, 6.07) is 8.20. The Bertz CT molecular complexity index is 600. The first-order valence-electron chi connectivity index (χ1n) is 7.38. The number of aromatic nitrogens is 2. The summed E-state index contributed by atoms with van der Waals surface area (Å²) in [6.07, 6.45) is 0. The molecule has 0 saturated heterocycles. The van der Waals surface area contributed by atoms with Crippen molar-refractivity contribution >= 4 is 17.5 Å². The molecule has 0 saturated carbocycles. The third-order valence-corrected chi connectivity index (χ3v) is 3.26. The van der Waals surface area contributed by atoms with Crippen molar-refractivity contribution in [3.05, 3.63) is 41.1 Å². The lowest BCUT2D eigenvalue weighted by Gasteiger charge is -2.14. The third kappa shape index (κ3) is 4.18. The lowest BCUT2D eigenvalue weighted by atomic mass is 10.1. The van der Waals surface area contributed by atoms with Gasteiger partial charge in [-0.05, 0) is 37.8 Å². The van der Waals surface area contributed by atoms with Gasteiger partial charge in [-0.25, -0.2) is 4.98 Å². The number of hydrogen-bond acceptors (Lipinski definition) is 4. The molecule has 0 aliphatic heterocycles. The van der Waals surface area contributed by atoms with Crippen LogP contribution in [0.5, 0.6) is 0 Å². The molecule has 0 aliphatic rings. The zero-order chi connectivity index (χ0) is 15.4. The van der Waals surface area contributed by atoms with Gasteiger partial charge in [0.2, 0.25) is 5.95 Å². The molecule has 0 unspecified atom stereocenters. The number of nitrogens with one attached hydrogen (secondary N) is 2. The van der Waals surface area contributed by atoms with Gasteiger partial charge in [-0.3, -0.25) is 0 Å². The zero-order valence-electron chi connectivity index (χ0n) is 13.5. The van der Waals surface area contributed by atoms with Crippen molar-refractivity contribution in [2.75, 3.05) is 17.2 Å². The first-order valence-corrected chi connectivity index (χ1v) is 7.38. The van der Waals surface area contributed by atoms with E-state index in [2.05, 4.69) is 66.5 Å². The second-order valence-corrected chi connectivity index (χ2v) is 5.88. The standard InChI is InChI=1S/C17H24N4/c1-11(2)10-18-15-9-14(5)19-17(20-15)21-16-12(3)7-6-8-13(16)4/h6-9,11H,10H2,1-5H3,(H2,18,19,20,21). The molecule has 0 bridgehead atoms. The van der Waals surface area contributed by atoms with Gasteiger partial charge in [0, 0.05) is 24.0 Å². The number of para-hydroxylation sites is 1. The molecule has 0 atom stereocenters. The molecule has 2 rings (SSSR count). The van der Waals surface area contributed by atoms with E-state index in [-0.39, 0.29) is 0 Å². The van der Waals surface area contributed by atoms with Crippen LogP contribution < -0.4 is 10.6 Å². The molecule has 1 aromatic carbocycles. The zero-order valence-corrected chi connectivity index (χ0v) is 13.5. The Morgan fingerprint density at radius 1 is 1.05 bits per heavy atom. The fourth-order valence-electron chi connectivity index (χ4n) is 2.15. The summed E-state index contributed by atoms with van der Waals surface area (Å²) < 4.78 is 0. The SMILES string of the molecule is Cc1cc(NCC(C)C)nc(Nc2c(C)cccc2C)n1. The summed E-state index contributed by atoms with van der Waals surface area (Å²) in [4.78, 5) is 9.03. The van der Waals surface area contributed by atoms with E-state index in [1.165, 1.54) is 11.1 Å². The summed E-state index contributed by atoms with van der Waals surface area (Å²) in [5.41, 5.74) is 4.41. The van der Waals surface area contributed by atoms with E-state index in [1.54, 1.807) is 0 Å². The average Bonchev–Trinajstić information content (AvgIpc) is 2.40.